The van der Waals surface area contributed by atoms with E-state index in [-0.39, 0.29) is 6.10 Å². The minimum atomic E-state index is -0.0235. The third-order valence-electron chi connectivity index (χ3n) is 3.70. The molecule has 0 bridgehead atoms. The van der Waals surface area contributed by atoms with E-state index < -0.39 is 0 Å². The predicted octanol–water partition coefficient (Wildman–Crippen LogP) is 3.46. The number of nitrogens with zero attached hydrogens (tertiary/aromatic N) is 1. The van der Waals surface area contributed by atoms with Crippen LogP contribution in [0.2, 0.25) is 0 Å². The normalized spacial score (nSPS) is 16.5. The van der Waals surface area contributed by atoms with Crippen molar-refractivity contribution in [1.82, 2.24) is 9.97 Å². The first kappa shape index (κ1) is 13.0. The van der Waals surface area contributed by atoms with Gasteiger partial charge in [0.15, 0.2) is 11.5 Å². The lowest BCUT2D eigenvalue weighted by Crippen LogP contribution is -2.31. The van der Waals surface area contributed by atoms with Crippen LogP contribution in [-0.2, 0) is 6.42 Å². The Morgan fingerprint density at radius 3 is 2.64 bits per heavy atom. The van der Waals surface area contributed by atoms with Crippen molar-refractivity contribution in [3.63, 3.8) is 0 Å². The van der Waals surface area contributed by atoms with E-state index in [1.165, 1.54) is 0 Å². The van der Waals surface area contributed by atoms with Crippen molar-refractivity contribution in [2.75, 3.05) is 6.61 Å². The fourth-order valence-corrected chi connectivity index (χ4v) is 2.61. The van der Waals surface area contributed by atoms with Gasteiger partial charge in [0.05, 0.1) is 11.9 Å². The molecule has 2 aromatic carbocycles. The van der Waals surface area contributed by atoms with Crippen molar-refractivity contribution in [3.8, 4) is 22.8 Å². The number of benzene rings is 2. The first-order chi connectivity index (χ1) is 10.9. The van der Waals surface area contributed by atoms with Crippen molar-refractivity contribution in [2.24, 2.45) is 0 Å². The average Bonchev–Trinajstić information content (AvgIpc) is 3.04. The summed E-state index contributed by atoms with van der Waals surface area (Å²) in [4.78, 5) is 7.81. The minimum absolute atomic E-state index is 0.0235. The van der Waals surface area contributed by atoms with E-state index >= 15 is 0 Å². The maximum absolute atomic E-state index is 5.97. The second kappa shape index (κ2) is 5.56. The average molecular weight is 292 g/mol. The maximum atomic E-state index is 5.97. The van der Waals surface area contributed by atoms with Crippen LogP contribution in [0.15, 0.2) is 60.8 Å². The molecule has 2 heterocycles. The summed E-state index contributed by atoms with van der Waals surface area (Å²) < 4.78 is 11.7. The number of para-hydroxylation sites is 2. The molecule has 4 nitrogen and oxygen atoms in total. The van der Waals surface area contributed by atoms with Crippen LogP contribution in [0, 0.1) is 0 Å². The van der Waals surface area contributed by atoms with Gasteiger partial charge in [-0.1, -0.05) is 42.5 Å². The maximum Gasteiger partial charge on any atom is 0.161 e. The number of hydrogen-bond acceptors (Lipinski definition) is 3. The van der Waals surface area contributed by atoms with Crippen LogP contribution in [0.4, 0.5) is 0 Å². The Morgan fingerprint density at radius 2 is 1.77 bits per heavy atom. The number of H-pyrrole nitrogens is 1. The van der Waals surface area contributed by atoms with Crippen molar-refractivity contribution in [3.05, 3.63) is 66.6 Å². The van der Waals surface area contributed by atoms with Crippen molar-refractivity contribution >= 4 is 0 Å². The van der Waals surface area contributed by atoms with E-state index in [1.54, 1.807) is 0 Å². The van der Waals surface area contributed by atoms with Crippen LogP contribution >= 0.6 is 0 Å². The molecule has 3 aromatic rings. The number of imidazole rings is 1. The molecule has 0 radical (unpaired) electrons. The fourth-order valence-electron chi connectivity index (χ4n) is 2.61. The number of nitrogens with one attached hydrogen (secondary N) is 1. The molecule has 0 spiro atoms. The molecule has 4 rings (SSSR count). The van der Waals surface area contributed by atoms with E-state index in [0.717, 1.165) is 28.6 Å². The molecule has 0 aliphatic carbocycles. The summed E-state index contributed by atoms with van der Waals surface area (Å²) in [7, 11) is 0. The van der Waals surface area contributed by atoms with Gasteiger partial charge in [0.2, 0.25) is 0 Å². The van der Waals surface area contributed by atoms with Gasteiger partial charge in [0, 0.05) is 6.42 Å². The first-order valence-corrected chi connectivity index (χ1v) is 7.36. The highest BCUT2D eigenvalue weighted by Crippen LogP contribution is 2.31. The zero-order valence-electron chi connectivity index (χ0n) is 12.0. The molecule has 0 saturated heterocycles. The summed E-state index contributed by atoms with van der Waals surface area (Å²) in [5, 5.41) is 0. The molecule has 22 heavy (non-hydrogen) atoms. The third-order valence-corrected chi connectivity index (χ3v) is 3.70. The molecule has 0 amide bonds. The molecule has 0 fully saturated rings. The summed E-state index contributed by atoms with van der Waals surface area (Å²) in [5.74, 6) is 2.52. The van der Waals surface area contributed by atoms with E-state index in [4.69, 9.17) is 9.47 Å². The number of aromatic nitrogens is 2. The molecule has 1 unspecified atom stereocenters. The summed E-state index contributed by atoms with van der Waals surface area (Å²) in [6.45, 7) is 0.540. The predicted molar refractivity (Wildman–Crippen MR) is 84.1 cm³/mol. The standard InChI is InChI=1S/C18H16N2O2/c1-2-6-13(7-3-1)15-11-19-18(20-15)10-14-12-21-16-8-4-5-9-17(16)22-14/h1-9,11,14H,10,12H2,(H,19,20). The van der Waals surface area contributed by atoms with Gasteiger partial charge < -0.3 is 14.5 Å². The van der Waals surface area contributed by atoms with Gasteiger partial charge in [0.1, 0.15) is 18.5 Å². The fraction of sp³-hybridized carbons (Fsp3) is 0.167. The summed E-state index contributed by atoms with van der Waals surface area (Å²) in [6.07, 6.45) is 2.54. The minimum Gasteiger partial charge on any atom is -0.486 e. The highest BCUT2D eigenvalue weighted by atomic mass is 16.6. The molecule has 1 atom stereocenters. The van der Waals surface area contributed by atoms with E-state index in [9.17, 15) is 0 Å². The molecule has 1 aromatic heterocycles. The van der Waals surface area contributed by atoms with Gasteiger partial charge in [-0.15, -0.1) is 0 Å². The van der Waals surface area contributed by atoms with Crippen LogP contribution in [-0.4, -0.2) is 22.7 Å². The van der Waals surface area contributed by atoms with Crippen LogP contribution in [0.1, 0.15) is 5.82 Å². The molecule has 0 saturated carbocycles. The molecule has 4 heteroatoms. The number of hydrogen-bond donors (Lipinski definition) is 1. The van der Waals surface area contributed by atoms with E-state index in [0.29, 0.717) is 13.0 Å². The number of fused-ring (bicyclic) bond motifs is 1. The first-order valence-electron chi connectivity index (χ1n) is 7.36. The number of ether oxygens (including phenoxy) is 2. The lowest BCUT2D eigenvalue weighted by molar-refractivity contribution is 0.0900. The van der Waals surface area contributed by atoms with Gasteiger partial charge >= 0.3 is 0 Å². The summed E-state index contributed by atoms with van der Waals surface area (Å²) in [5.41, 5.74) is 2.15. The van der Waals surface area contributed by atoms with Gasteiger partial charge in [-0.25, -0.2) is 4.98 Å². The van der Waals surface area contributed by atoms with Crippen LogP contribution in [0.25, 0.3) is 11.3 Å². The Hall–Kier alpha value is -2.75. The van der Waals surface area contributed by atoms with Crippen LogP contribution in [0.5, 0.6) is 11.5 Å². The zero-order valence-corrected chi connectivity index (χ0v) is 12.0. The lowest BCUT2D eigenvalue weighted by Gasteiger charge is -2.25. The second-order valence-corrected chi connectivity index (χ2v) is 5.31. The molecule has 110 valence electrons. The molecule has 1 aliphatic heterocycles. The molecule has 1 N–H and O–H groups in total. The Kier molecular flexibility index (Phi) is 3.27. The van der Waals surface area contributed by atoms with Gasteiger partial charge in [-0.2, -0.15) is 0 Å². The van der Waals surface area contributed by atoms with Gasteiger partial charge in [0.25, 0.3) is 0 Å². The van der Waals surface area contributed by atoms with Crippen LogP contribution < -0.4 is 9.47 Å². The Labute approximate surface area is 128 Å². The Morgan fingerprint density at radius 1 is 1.00 bits per heavy atom. The number of rotatable bonds is 3. The SMILES string of the molecule is c1ccc(-c2cnc(CC3COc4ccccc4O3)[nH]2)cc1. The van der Waals surface area contributed by atoms with E-state index in [1.807, 2.05) is 48.7 Å². The second-order valence-electron chi connectivity index (χ2n) is 5.31. The van der Waals surface area contributed by atoms with Gasteiger partial charge in [-0.3, -0.25) is 0 Å². The summed E-state index contributed by atoms with van der Waals surface area (Å²) >= 11 is 0. The highest BCUT2D eigenvalue weighted by molar-refractivity contribution is 5.58. The quantitative estimate of drug-likeness (QED) is 0.804. The lowest BCUT2D eigenvalue weighted by atomic mass is 10.2. The van der Waals surface area contributed by atoms with Gasteiger partial charge in [-0.05, 0) is 17.7 Å². The number of aromatic amines is 1. The van der Waals surface area contributed by atoms with Crippen molar-refractivity contribution in [2.45, 2.75) is 12.5 Å². The Bertz CT molecular complexity index is 768. The summed E-state index contributed by atoms with van der Waals surface area (Å²) in [6, 6.07) is 17.9. The van der Waals surface area contributed by atoms with E-state index in [2.05, 4.69) is 22.1 Å². The van der Waals surface area contributed by atoms with Crippen molar-refractivity contribution < 1.29 is 9.47 Å². The topological polar surface area (TPSA) is 47.1 Å². The smallest absolute Gasteiger partial charge is 0.161 e. The third kappa shape index (κ3) is 2.55. The molecular formula is C18H16N2O2. The molecule has 1 aliphatic rings. The Balaban J connectivity index is 1.48. The highest BCUT2D eigenvalue weighted by Gasteiger charge is 2.22. The largest absolute Gasteiger partial charge is 0.486 e. The monoisotopic (exact) mass is 292 g/mol. The van der Waals surface area contributed by atoms with Crippen molar-refractivity contribution in [1.29, 1.82) is 0 Å². The zero-order chi connectivity index (χ0) is 14.8. The van der Waals surface area contributed by atoms with Crippen LogP contribution in [0.3, 0.4) is 0 Å². The molecular weight excluding hydrogens is 276 g/mol.